The van der Waals surface area contributed by atoms with Crippen molar-refractivity contribution in [1.29, 1.82) is 0 Å². The summed E-state index contributed by atoms with van der Waals surface area (Å²) < 4.78 is 23.0. The van der Waals surface area contributed by atoms with Gasteiger partial charge in [-0.15, -0.1) is 0 Å². The summed E-state index contributed by atoms with van der Waals surface area (Å²) in [5, 5.41) is 8.87. The van der Waals surface area contributed by atoms with Gasteiger partial charge in [0, 0.05) is 11.7 Å². The summed E-state index contributed by atoms with van der Waals surface area (Å²) in [6.07, 6.45) is 1.17. The highest BCUT2D eigenvalue weighted by molar-refractivity contribution is 7.90. The zero-order valence-electron chi connectivity index (χ0n) is 11.0. The Labute approximate surface area is 108 Å². The minimum atomic E-state index is -3.24. The first-order valence-corrected chi connectivity index (χ1v) is 7.46. The molecule has 0 heterocycles. The standard InChI is InChI=1S/C13H18O4S/c1-9-7-10(13(2,3)8-12(14)15)5-6-11(9)18(4,16)17/h5-7H,8H2,1-4H3,(H,14,15). The second kappa shape index (κ2) is 4.72. The van der Waals surface area contributed by atoms with Gasteiger partial charge in [-0.3, -0.25) is 4.79 Å². The number of sulfone groups is 1. The van der Waals surface area contributed by atoms with Gasteiger partial charge in [0.1, 0.15) is 0 Å². The van der Waals surface area contributed by atoms with E-state index >= 15 is 0 Å². The van der Waals surface area contributed by atoms with Gasteiger partial charge in [0.05, 0.1) is 11.3 Å². The van der Waals surface area contributed by atoms with Crippen molar-refractivity contribution in [3.63, 3.8) is 0 Å². The smallest absolute Gasteiger partial charge is 0.304 e. The fourth-order valence-electron chi connectivity index (χ4n) is 1.97. The summed E-state index contributed by atoms with van der Waals surface area (Å²) in [6.45, 7) is 5.38. The lowest BCUT2D eigenvalue weighted by Crippen LogP contribution is -2.22. The van der Waals surface area contributed by atoms with Gasteiger partial charge < -0.3 is 5.11 Å². The van der Waals surface area contributed by atoms with Crippen LogP contribution in [0.1, 0.15) is 31.4 Å². The molecule has 0 bridgehead atoms. The third-order valence-electron chi connectivity index (χ3n) is 2.95. The minimum Gasteiger partial charge on any atom is -0.481 e. The number of aliphatic carboxylic acids is 1. The molecule has 0 radical (unpaired) electrons. The van der Waals surface area contributed by atoms with Gasteiger partial charge in [0.25, 0.3) is 0 Å². The number of carbonyl (C=O) groups is 1. The lowest BCUT2D eigenvalue weighted by molar-refractivity contribution is -0.138. The van der Waals surface area contributed by atoms with Crippen LogP contribution in [0, 0.1) is 6.92 Å². The highest BCUT2D eigenvalue weighted by atomic mass is 32.2. The van der Waals surface area contributed by atoms with E-state index in [1.165, 1.54) is 0 Å². The van der Waals surface area contributed by atoms with Crippen molar-refractivity contribution < 1.29 is 18.3 Å². The summed E-state index contributed by atoms with van der Waals surface area (Å²) in [4.78, 5) is 11.1. The van der Waals surface area contributed by atoms with Crippen LogP contribution in [-0.4, -0.2) is 25.7 Å². The molecule has 1 aromatic rings. The number of aryl methyl sites for hydroxylation is 1. The minimum absolute atomic E-state index is 0.00462. The van der Waals surface area contributed by atoms with Gasteiger partial charge in [-0.1, -0.05) is 26.0 Å². The van der Waals surface area contributed by atoms with Crippen LogP contribution in [0.2, 0.25) is 0 Å². The monoisotopic (exact) mass is 270 g/mol. The summed E-state index contributed by atoms with van der Waals surface area (Å²) in [6, 6.07) is 4.98. The molecule has 0 saturated heterocycles. The highest BCUT2D eigenvalue weighted by Crippen LogP contribution is 2.29. The quantitative estimate of drug-likeness (QED) is 0.910. The van der Waals surface area contributed by atoms with E-state index in [9.17, 15) is 13.2 Å². The molecule has 0 aliphatic heterocycles. The number of carboxylic acids is 1. The molecule has 18 heavy (non-hydrogen) atoms. The van der Waals surface area contributed by atoms with Gasteiger partial charge >= 0.3 is 5.97 Å². The average molecular weight is 270 g/mol. The Morgan fingerprint density at radius 2 is 1.89 bits per heavy atom. The maximum atomic E-state index is 11.5. The van der Waals surface area contributed by atoms with Crippen molar-refractivity contribution in [2.24, 2.45) is 0 Å². The Kier molecular flexibility index (Phi) is 3.86. The molecule has 0 spiro atoms. The zero-order chi connectivity index (χ0) is 14.1. The lowest BCUT2D eigenvalue weighted by Gasteiger charge is -2.24. The zero-order valence-corrected chi connectivity index (χ0v) is 11.8. The molecule has 0 amide bonds. The van der Waals surface area contributed by atoms with Gasteiger partial charge in [0.2, 0.25) is 0 Å². The van der Waals surface area contributed by atoms with Gasteiger partial charge in [-0.2, -0.15) is 0 Å². The second-order valence-corrected chi connectivity index (χ2v) is 7.19. The van der Waals surface area contributed by atoms with Crippen molar-refractivity contribution >= 4 is 15.8 Å². The number of hydrogen-bond acceptors (Lipinski definition) is 3. The second-order valence-electron chi connectivity index (χ2n) is 5.21. The number of hydrogen-bond donors (Lipinski definition) is 1. The van der Waals surface area contributed by atoms with Crippen molar-refractivity contribution in [2.45, 2.75) is 37.5 Å². The van der Waals surface area contributed by atoms with Crippen LogP contribution in [0.15, 0.2) is 23.1 Å². The third kappa shape index (κ3) is 3.32. The molecule has 0 unspecified atom stereocenters. The molecule has 0 atom stereocenters. The van der Waals surface area contributed by atoms with Gasteiger partial charge in [-0.25, -0.2) is 8.42 Å². The summed E-state index contributed by atoms with van der Waals surface area (Å²) in [5.41, 5.74) is 0.954. The maximum absolute atomic E-state index is 11.5. The first-order valence-electron chi connectivity index (χ1n) is 5.57. The molecule has 0 aliphatic rings. The Morgan fingerprint density at radius 3 is 2.28 bits per heavy atom. The van der Waals surface area contributed by atoms with E-state index in [1.807, 2.05) is 13.8 Å². The fraction of sp³-hybridized carbons (Fsp3) is 0.462. The number of rotatable bonds is 4. The Morgan fingerprint density at radius 1 is 1.33 bits per heavy atom. The highest BCUT2D eigenvalue weighted by Gasteiger charge is 2.25. The van der Waals surface area contributed by atoms with E-state index in [-0.39, 0.29) is 11.3 Å². The van der Waals surface area contributed by atoms with E-state index in [0.29, 0.717) is 5.56 Å². The van der Waals surface area contributed by atoms with Crippen molar-refractivity contribution in [2.75, 3.05) is 6.26 Å². The van der Waals surface area contributed by atoms with E-state index in [2.05, 4.69) is 0 Å². The summed E-state index contributed by atoms with van der Waals surface area (Å²) in [7, 11) is -3.24. The third-order valence-corrected chi connectivity index (χ3v) is 4.21. The number of carboxylic acid groups (broad SMARTS) is 1. The molecular weight excluding hydrogens is 252 g/mol. The van der Waals surface area contributed by atoms with E-state index in [1.54, 1.807) is 25.1 Å². The topological polar surface area (TPSA) is 71.4 Å². The molecule has 1 N–H and O–H groups in total. The Bertz CT molecular complexity index is 571. The lowest BCUT2D eigenvalue weighted by atomic mass is 9.81. The summed E-state index contributed by atoms with van der Waals surface area (Å²) in [5.74, 6) is -0.871. The van der Waals surface area contributed by atoms with Crippen molar-refractivity contribution in [1.82, 2.24) is 0 Å². The fourth-order valence-corrected chi connectivity index (χ4v) is 2.93. The van der Waals surface area contributed by atoms with Crippen molar-refractivity contribution in [3.8, 4) is 0 Å². The van der Waals surface area contributed by atoms with Crippen LogP contribution >= 0.6 is 0 Å². The first kappa shape index (κ1) is 14.7. The van der Waals surface area contributed by atoms with Gasteiger partial charge in [-0.05, 0) is 24.1 Å². The van der Waals surface area contributed by atoms with Crippen LogP contribution in [-0.2, 0) is 20.0 Å². The Balaban J connectivity index is 3.24. The van der Waals surface area contributed by atoms with E-state index in [4.69, 9.17) is 5.11 Å². The maximum Gasteiger partial charge on any atom is 0.304 e. The molecule has 0 fully saturated rings. The molecule has 4 nitrogen and oxygen atoms in total. The average Bonchev–Trinajstić information content (AvgIpc) is 2.13. The predicted octanol–water partition coefficient (Wildman–Crippen LogP) is 2.15. The number of benzene rings is 1. The predicted molar refractivity (Wildman–Crippen MR) is 69.6 cm³/mol. The van der Waals surface area contributed by atoms with Crippen LogP contribution in [0.3, 0.4) is 0 Å². The molecule has 5 heteroatoms. The largest absolute Gasteiger partial charge is 0.481 e. The van der Waals surface area contributed by atoms with Crippen LogP contribution in [0.4, 0.5) is 0 Å². The van der Waals surface area contributed by atoms with Crippen LogP contribution in [0.5, 0.6) is 0 Å². The molecule has 0 aliphatic carbocycles. The normalized spacial score (nSPS) is 12.4. The molecule has 0 saturated carbocycles. The molecule has 1 rings (SSSR count). The van der Waals surface area contributed by atoms with Crippen LogP contribution in [0.25, 0.3) is 0 Å². The summed E-state index contributed by atoms with van der Waals surface area (Å²) >= 11 is 0. The van der Waals surface area contributed by atoms with E-state index < -0.39 is 21.2 Å². The SMILES string of the molecule is Cc1cc(C(C)(C)CC(=O)O)ccc1S(C)(=O)=O. The van der Waals surface area contributed by atoms with Crippen molar-refractivity contribution in [3.05, 3.63) is 29.3 Å². The van der Waals surface area contributed by atoms with Gasteiger partial charge in [0.15, 0.2) is 9.84 Å². The van der Waals surface area contributed by atoms with Crippen LogP contribution < -0.4 is 0 Å². The molecule has 0 aromatic heterocycles. The molecular formula is C13H18O4S. The molecule has 1 aromatic carbocycles. The first-order chi connectivity index (χ1) is 8.04. The Hall–Kier alpha value is -1.36. The molecule has 100 valence electrons. The van der Waals surface area contributed by atoms with E-state index in [0.717, 1.165) is 11.8 Å².